The van der Waals surface area contributed by atoms with E-state index < -0.39 is 17.9 Å². The topological polar surface area (TPSA) is 172 Å². The van der Waals surface area contributed by atoms with Crippen molar-refractivity contribution in [2.45, 2.75) is 20.8 Å². The zero-order chi connectivity index (χ0) is 39.4. The predicted molar refractivity (Wildman–Crippen MR) is 196 cm³/mol. The van der Waals surface area contributed by atoms with Crippen molar-refractivity contribution in [3.05, 3.63) is 212 Å². The zero-order valence-electron chi connectivity index (χ0n) is 29.9. The molecule has 0 bridgehead atoms. The van der Waals surface area contributed by atoms with Crippen LogP contribution in [0.1, 0.15) is 95.5 Å². The van der Waals surface area contributed by atoms with Gasteiger partial charge in [-0.1, -0.05) is 162 Å². The van der Waals surface area contributed by atoms with E-state index in [-0.39, 0.29) is 67.8 Å². The summed E-state index contributed by atoms with van der Waals surface area (Å²) in [5.41, 5.74) is 4.75. The van der Waals surface area contributed by atoms with Gasteiger partial charge in [-0.15, -0.1) is 0 Å². The maximum atomic E-state index is 12.2. The van der Waals surface area contributed by atoms with Crippen molar-refractivity contribution in [1.29, 1.82) is 0 Å². The first kappa shape index (κ1) is 42.7. The van der Waals surface area contributed by atoms with E-state index in [4.69, 9.17) is 0 Å². The molecule has 55 heavy (non-hydrogen) atoms. The third-order valence-corrected chi connectivity index (χ3v) is 8.12. The average Bonchev–Trinajstić information content (AvgIpc) is 3.18. The fourth-order valence-electron chi connectivity index (χ4n) is 5.16. The Hall–Kier alpha value is -6.74. The van der Waals surface area contributed by atoms with E-state index in [1.807, 2.05) is 57.2 Å². The molecule has 6 aromatic carbocycles. The monoisotopic (exact) mass is 773 g/mol. The summed E-state index contributed by atoms with van der Waals surface area (Å²) < 4.78 is 0. The first-order valence-electron chi connectivity index (χ1n) is 16.5. The van der Waals surface area contributed by atoms with E-state index in [1.165, 1.54) is 36.4 Å². The SMILES string of the molecule is Cc1ccc(C(=O)c2ccccc2C(=O)[O-])cc1.Cc1ccc(C(=O)c2ccccc2C(=O)[O-])cc1.Cc1ccc(C(=O)c2ccccc2C(=O)[O-])cc1.[Fe+3]. The number of carbonyl (C=O) groups is 6. The van der Waals surface area contributed by atoms with E-state index in [9.17, 15) is 44.1 Å². The molecule has 0 spiro atoms. The molecule has 0 fully saturated rings. The molecule has 0 N–H and O–H groups in total. The van der Waals surface area contributed by atoms with Crippen molar-refractivity contribution >= 4 is 35.3 Å². The number of benzene rings is 6. The van der Waals surface area contributed by atoms with Crippen molar-refractivity contribution in [2.24, 2.45) is 0 Å². The summed E-state index contributed by atoms with van der Waals surface area (Å²) in [6, 6.07) is 39.2. The number of carboxylic acids is 3. The van der Waals surface area contributed by atoms with Crippen LogP contribution < -0.4 is 15.3 Å². The molecule has 0 saturated heterocycles. The largest absolute Gasteiger partial charge is 3.00 e. The van der Waals surface area contributed by atoms with Gasteiger partial charge in [0.1, 0.15) is 0 Å². The molecule has 0 unspecified atom stereocenters. The smallest absolute Gasteiger partial charge is 0.545 e. The van der Waals surface area contributed by atoms with Crippen LogP contribution in [0, 0.1) is 20.8 Å². The minimum Gasteiger partial charge on any atom is -0.545 e. The van der Waals surface area contributed by atoms with E-state index in [2.05, 4.69) is 0 Å². The summed E-state index contributed by atoms with van der Waals surface area (Å²) in [6.45, 7) is 5.76. The van der Waals surface area contributed by atoms with Crippen LogP contribution in [0.2, 0.25) is 0 Å². The molecule has 0 heterocycles. The Balaban J connectivity index is 0.000000220. The van der Waals surface area contributed by atoms with Crippen LogP contribution in [0.15, 0.2) is 146 Å². The summed E-state index contributed by atoms with van der Waals surface area (Å²) >= 11 is 0. The Morgan fingerprint density at radius 3 is 0.673 bits per heavy atom. The van der Waals surface area contributed by atoms with Crippen molar-refractivity contribution in [1.82, 2.24) is 0 Å². The molecule has 9 nitrogen and oxygen atoms in total. The van der Waals surface area contributed by atoms with Gasteiger partial charge < -0.3 is 29.7 Å². The molecule has 1 radical (unpaired) electrons. The third-order valence-electron chi connectivity index (χ3n) is 8.12. The maximum absolute atomic E-state index is 12.2. The molecule has 0 saturated carbocycles. The molecule has 0 atom stereocenters. The molecule has 0 aliphatic carbocycles. The van der Waals surface area contributed by atoms with Crippen LogP contribution in [-0.4, -0.2) is 35.3 Å². The summed E-state index contributed by atoms with van der Waals surface area (Å²) in [5, 5.41) is 32.8. The summed E-state index contributed by atoms with van der Waals surface area (Å²) in [5.74, 6) is -4.96. The number of hydrogen-bond donors (Lipinski definition) is 0. The second-order valence-electron chi connectivity index (χ2n) is 12.1. The molecule has 0 aliphatic heterocycles. The van der Waals surface area contributed by atoms with E-state index in [0.717, 1.165) is 16.7 Å². The van der Waals surface area contributed by atoms with Crippen molar-refractivity contribution in [2.75, 3.05) is 0 Å². The number of ketones is 3. The molecule has 0 amide bonds. The van der Waals surface area contributed by atoms with E-state index >= 15 is 0 Å². The second kappa shape index (κ2) is 19.9. The summed E-state index contributed by atoms with van der Waals surface area (Å²) in [4.78, 5) is 69.4. The molecule has 10 heteroatoms. The minimum atomic E-state index is -1.34. The molecule has 0 aliphatic rings. The van der Waals surface area contributed by atoms with Crippen molar-refractivity contribution in [3.63, 3.8) is 0 Å². The Kier molecular flexibility index (Phi) is 15.5. The maximum Gasteiger partial charge on any atom is 3.00 e. The molecular formula is C45H33FeO9. The van der Waals surface area contributed by atoms with Gasteiger partial charge in [-0.05, 0) is 20.8 Å². The number of carboxylic acid groups (broad SMARTS) is 3. The van der Waals surface area contributed by atoms with Gasteiger partial charge in [0.2, 0.25) is 0 Å². The first-order valence-corrected chi connectivity index (χ1v) is 16.5. The van der Waals surface area contributed by atoms with Gasteiger partial charge in [-0.3, -0.25) is 14.4 Å². The molecular weight excluding hydrogens is 740 g/mol. The van der Waals surface area contributed by atoms with Gasteiger partial charge in [0.05, 0.1) is 17.9 Å². The van der Waals surface area contributed by atoms with Gasteiger partial charge in [0.15, 0.2) is 17.3 Å². The Bertz CT molecular complexity index is 2060. The number of carbonyl (C=O) groups excluding carboxylic acids is 6. The van der Waals surface area contributed by atoms with Crippen LogP contribution in [-0.2, 0) is 17.1 Å². The fraction of sp³-hybridized carbons (Fsp3) is 0.0667. The van der Waals surface area contributed by atoms with Crippen LogP contribution in [0.3, 0.4) is 0 Å². The number of hydrogen-bond acceptors (Lipinski definition) is 9. The molecule has 275 valence electrons. The number of aryl methyl sites for hydroxylation is 3. The Labute approximate surface area is 328 Å². The fourth-order valence-corrected chi connectivity index (χ4v) is 5.16. The summed E-state index contributed by atoms with van der Waals surface area (Å²) in [6.07, 6.45) is 0. The number of rotatable bonds is 9. The molecule has 0 aromatic heterocycles. The first-order chi connectivity index (χ1) is 25.8. The summed E-state index contributed by atoms with van der Waals surface area (Å²) in [7, 11) is 0. The van der Waals surface area contributed by atoms with E-state index in [1.54, 1.807) is 72.8 Å². The molecule has 6 rings (SSSR count). The minimum absolute atomic E-state index is 0. The molecule has 6 aromatic rings. The average molecular weight is 774 g/mol. The quantitative estimate of drug-likeness (QED) is 0.148. The van der Waals surface area contributed by atoms with Crippen LogP contribution in [0.4, 0.5) is 0 Å². The van der Waals surface area contributed by atoms with Crippen LogP contribution in [0.5, 0.6) is 0 Å². The van der Waals surface area contributed by atoms with Crippen LogP contribution >= 0.6 is 0 Å². The second-order valence-corrected chi connectivity index (χ2v) is 12.1. The van der Waals surface area contributed by atoms with Crippen molar-refractivity contribution in [3.8, 4) is 0 Å². The van der Waals surface area contributed by atoms with Crippen molar-refractivity contribution < 1.29 is 61.2 Å². The van der Waals surface area contributed by atoms with Crippen LogP contribution in [0.25, 0.3) is 0 Å². The van der Waals surface area contributed by atoms with Gasteiger partial charge in [0, 0.05) is 50.1 Å². The van der Waals surface area contributed by atoms with Gasteiger partial charge in [0.25, 0.3) is 0 Å². The van der Waals surface area contributed by atoms with E-state index in [0.29, 0.717) is 16.7 Å². The standard InChI is InChI=1S/3C15H12O3.Fe/c3*1-10-6-8-11(9-7-10)14(16)12-4-2-3-5-13(12)15(17)18;/h3*2-9H,1H3,(H,17,18);/q;;;+3/p-3. The van der Waals surface area contributed by atoms with Gasteiger partial charge in [-0.25, -0.2) is 0 Å². The zero-order valence-corrected chi connectivity index (χ0v) is 31.0. The number of aromatic carboxylic acids is 3. The third kappa shape index (κ3) is 11.4. The normalized spacial score (nSPS) is 9.87. The van der Waals surface area contributed by atoms with Gasteiger partial charge in [-0.2, -0.15) is 0 Å². The van der Waals surface area contributed by atoms with Gasteiger partial charge >= 0.3 is 17.1 Å². The predicted octanol–water partition coefficient (Wildman–Crippen LogP) is 4.77. The Morgan fingerprint density at radius 2 is 0.491 bits per heavy atom. The Morgan fingerprint density at radius 1 is 0.309 bits per heavy atom.